The highest BCUT2D eigenvalue weighted by Crippen LogP contribution is 2.35. The van der Waals surface area contributed by atoms with E-state index < -0.39 is 0 Å². The maximum Gasteiger partial charge on any atom is 0.0695 e. The lowest BCUT2D eigenvalue weighted by atomic mass is 9.94. The minimum absolute atomic E-state index is 1.01. The van der Waals surface area contributed by atoms with E-state index in [1.807, 2.05) is 13.2 Å². The van der Waals surface area contributed by atoms with Crippen LogP contribution in [0.2, 0.25) is 0 Å². The Kier molecular flexibility index (Phi) is 3.23. The number of hydrogen-bond acceptors (Lipinski definition) is 1. The maximum absolute atomic E-state index is 4.13. The Hall–Kier alpha value is -2.22. The summed E-state index contributed by atoms with van der Waals surface area (Å²) >= 11 is 0. The van der Waals surface area contributed by atoms with Crippen LogP contribution in [-0.4, -0.2) is 16.9 Å². The van der Waals surface area contributed by atoms with Gasteiger partial charge in [-0.05, 0) is 23.6 Å². The van der Waals surface area contributed by atoms with Gasteiger partial charge in [-0.3, -0.25) is 0 Å². The number of aryl methyl sites for hydroxylation is 1. The molecule has 0 bridgehead atoms. The second-order valence-electron chi connectivity index (χ2n) is 5.31. The fourth-order valence-corrected chi connectivity index (χ4v) is 2.72. The summed E-state index contributed by atoms with van der Waals surface area (Å²) in [7, 11) is 2.04. The Morgan fingerprint density at radius 2 is 1.90 bits per heavy atom. The highest BCUT2D eigenvalue weighted by molar-refractivity contribution is 5.88. The summed E-state index contributed by atoms with van der Waals surface area (Å²) in [5.74, 6) is 0. The van der Waals surface area contributed by atoms with Crippen LogP contribution in [0, 0.1) is 0 Å². The molecular formula is C18H20N2. The molecule has 3 rings (SSSR count). The molecule has 102 valence electrons. The molecule has 1 N–H and O–H groups in total. The van der Waals surface area contributed by atoms with Gasteiger partial charge in [-0.2, -0.15) is 0 Å². The van der Waals surface area contributed by atoms with Gasteiger partial charge >= 0.3 is 0 Å². The van der Waals surface area contributed by atoms with Crippen molar-refractivity contribution in [3.8, 4) is 0 Å². The van der Waals surface area contributed by atoms with Crippen LogP contribution >= 0.6 is 0 Å². The van der Waals surface area contributed by atoms with Crippen LogP contribution in [0.3, 0.4) is 0 Å². The summed E-state index contributed by atoms with van der Waals surface area (Å²) in [4.78, 5) is 5.36. The Bertz CT molecular complexity index is 659. The Morgan fingerprint density at radius 1 is 1.15 bits per heavy atom. The van der Waals surface area contributed by atoms with Gasteiger partial charge in [-0.1, -0.05) is 44.2 Å². The molecule has 0 fully saturated rings. The van der Waals surface area contributed by atoms with E-state index in [0.717, 1.165) is 17.8 Å². The lowest BCUT2D eigenvalue weighted by molar-refractivity contribution is 0.650. The van der Waals surface area contributed by atoms with Crippen molar-refractivity contribution in [2.45, 2.75) is 19.8 Å². The zero-order valence-electron chi connectivity index (χ0n) is 12.1. The van der Waals surface area contributed by atoms with Crippen molar-refractivity contribution in [3.63, 3.8) is 0 Å². The van der Waals surface area contributed by atoms with E-state index in [2.05, 4.69) is 59.9 Å². The van der Waals surface area contributed by atoms with Crippen LogP contribution in [0.5, 0.6) is 0 Å². The molecule has 0 aliphatic carbocycles. The second kappa shape index (κ2) is 5.04. The molecule has 0 saturated carbocycles. The monoisotopic (exact) mass is 264 g/mol. The molecule has 1 aliphatic rings. The van der Waals surface area contributed by atoms with E-state index in [9.17, 15) is 0 Å². The third kappa shape index (κ3) is 2.07. The van der Waals surface area contributed by atoms with Crippen LogP contribution in [-0.2, 0) is 6.42 Å². The van der Waals surface area contributed by atoms with E-state index in [4.69, 9.17) is 0 Å². The van der Waals surface area contributed by atoms with Crippen LogP contribution in [0.1, 0.15) is 35.7 Å². The van der Waals surface area contributed by atoms with E-state index in [0.29, 0.717) is 0 Å². The topological polar surface area (TPSA) is 19.0 Å². The van der Waals surface area contributed by atoms with Gasteiger partial charge in [0.25, 0.3) is 0 Å². The van der Waals surface area contributed by atoms with Crippen molar-refractivity contribution >= 4 is 11.3 Å². The summed E-state index contributed by atoms with van der Waals surface area (Å²) in [6.45, 7) is 6.34. The predicted octanol–water partition coefficient (Wildman–Crippen LogP) is 4.27. The molecule has 2 heteroatoms. The lowest BCUT2D eigenvalue weighted by Crippen LogP contribution is -2.15. The SMILES string of the molecule is C=C1c2[nH]ccc2C(c2ccc(CCC)cc2)=CN1C. The van der Waals surface area contributed by atoms with Gasteiger partial charge in [-0.15, -0.1) is 0 Å². The summed E-state index contributed by atoms with van der Waals surface area (Å²) in [6.07, 6.45) is 6.47. The van der Waals surface area contributed by atoms with Gasteiger partial charge in [0.05, 0.1) is 11.4 Å². The summed E-state index contributed by atoms with van der Waals surface area (Å²) in [6, 6.07) is 11.0. The van der Waals surface area contributed by atoms with Gasteiger partial charge in [0.2, 0.25) is 0 Å². The Morgan fingerprint density at radius 3 is 2.60 bits per heavy atom. The van der Waals surface area contributed by atoms with Crippen LogP contribution in [0.25, 0.3) is 11.3 Å². The quantitative estimate of drug-likeness (QED) is 0.877. The number of nitrogens with one attached hydrogen (secondary N) is 1. The molecule has 0 saturated heterocycles. The molecule has 0 amide bonds. The van der Waals surface area contributed by atoms with Gasteiger partial charge in [0, 0.05) is 30.6 Å². The summed E-state index contributed by atoms with van der Waals surface area (Å²) < 4.78 is 0. The third-order valence-electron chi connectivity index (χ3n) is 3.88. The first-order chi connectivity index (χ1) is 9.70. The van der Waals surface area contributed by atoms with E-state index in [-0.39, 0.29) is 0 Å². The first kappa shape index (κ1) is 12.8. The highest BCUT2D eigenvalue weighted by atomic mass is 15.1. The van der Waals surface area contributed by atoms with E-state index >= 15 is 0 Å². The molecule has 0 atom stereocenters. The van der Waals surface area contributed by atoms with Crippen molar-refractivity contribution in [2.24, 2.45) is 0 Å². The van der Waals surface area contributed by atoms with Crippen molar-refractivity contribution in [2.75, 3.05) is 7.05 Å². The molecule has 2 nitrogen and oxygen atoms in total. The normalized spacial score (nSPS) is 14.2. The zero-order valence-corrected chi connectivity index (χ0v) is 12.1. The molecule has 0 spiro atoms. The van der Waals surface area contributed by atoms with E-state index in [1.165, 1.54) is 28.7 Å². The Labute approximate surface area is 120 Å². The number of hydrogen-bond donors (Lipinski definition) is 1. The number of rotatable bonds is 3. The molecule has 20 heavy (non-hydrogen) atoms. The van der Waals surface area contributed by atoms with Crippen molar-refractivity contribution in [1.82, 2.24) is 9.88 Å². The van der Waals surface area contributed by atoms with Crippen molar-refractivity contribution < 1.29 is 0 Å². The van der Waals surface area contributed by atoms with Crippen molar-refractivity contribution in [3.05, 3.63) is 71.7 Å². The van der Waals surface area contributed by atoms with E-state index in [1.54, 1.807) is 0 Å². The minimum Gasteiger partial charge on any atom is -0.359 e. The van der Waals surface area contributed by atoms with Crippen LogP contribution in [0.4, 0.5) is 0 Å². The number of aromatic amines is 1. The molecule has 0 unspecified atom stereocenters. The lowest BCUT2D eigenvalue weighted by Gasteiger charge is -2.25. The molecule has 1 aliphatic heterocycles. The zero-order chi connectivity index (χ0) is 14.1. The van der Waals surface area contributed by atoms with Crippen LogP contribution < -0.4 is 0 Å². The number of benzene rings is 1. The molecule has 2 aromatic rings. The summed E-state index contributed by atoms with van der Waals surface area (Å²) in [5, 5.41) is 0. The Balaban J connectivity index is 2.01. The largest absolute Gasteiger partial charge is 0.359 e. The first-order valence-electron chi connectivity index (χ1n) is 7.11. The van der Waals surface area contributed by atoms with Gasteiger partial charge in [0.15, 0.2) is 0 Å². The van der Waals surface area contributed by atoms with Gasteiger partial charge in [-0.25, -0.2) is 0 Å². The standard InChI is InChI=1S/C18H20N2/c1-4-5-14-6-8-15(9-7-14)17-12-20(3)13(2)18-16(17)10-11-19-18/h6-12,19H,2,4-5H2,1,3H3. The van der Waals surface area contributed by atoms with Crippen molar-refractivity contribution in [1.29, 1.82) is 0 Å². The van der Waals surface area contributed by atoms with Gasteiger partial charge < -0.3 is 9.88 Å². The predicted molar refractivity (Wildman–Crippen MR) is 85.1 cm³/mol. The number of H-pyrrole nitrogens is 1. The number of nitrogens with zero attached hydrogens (tertiary/aromatic N) is 1. The number of fused-ring (bicyclic) bond motifs is 1. The second-order valence-corrected chi connectivity index (χ2v) is 5.31. The average molecular weight is 264 g/mol. The molecule has 1 aromatic heterocycles. The number of aromatic nitrogens is 1. The summed E-state index contributed by atoms with van der Waals surface area (Å²) in [5.41, 5.74) is 7.26. The van der Waals surface area contributed by atoms with Gasteiger partial charge in [0.1, 0.15) is 0 Å². The maximum atomic E-state index is 4.13. The minimum atomic E-state index is 1.01. The molecule has 1 aromatic carbocycles. The smallest absolute Gasteiger partial charge is 0.0695 e. The average Bonchev–Trinajstić information content (AvgIpc) is 2.94. The van der Waals surface area contributed by atoms with Crippen LogP contribution in [0.15, 0.2) is 49.3 Å². The fraction of sp³-hybridized carbons (Fsp3) is 0.222. The third-order valence-corrected chi connectivity index (χ3v) is 3.88. The fourth-order valence-electron chi connectivity index (χ4n) is 2.72. The highest BCUT2D eigenvalue weighted by Gasteiger charge is 2.20. The molecule has 2 heterocycles. The molecule has 0 radical (unpaired) electrons. The first-order valence-corrected chi connectivity index (χ1v) is 7.11. The molecular weight excluding hydrogens is 244 g/mol.